The highest BCUT2D eigenvalue weighted by Crippen LogP contribution is 2.34. The molecule has 5 rings (SSSR count). The van der Waals surface area contributed by atoms with Gasteiger partial charge in [0.2, 0.25) is 6.79 Å². The van der Waals surface area contributed by atoms with Gasteiger partial charge in [0, 0.05) is 24.0 Å². The first-order valence-corrected chi connectivity index (χ1v) is 9.16. The van der Waals surface area contributed by atoms with E-state index in [0.29, 0.717) is 17.2 Å². The average Bonchev–Trinajstić information content (AvgIpc) is 3.21. The van der Waals surface area contributed by atoms with Crippen LogP contribution in [-0.2, 0) is 6.42 Å². The normalized spacial score (nSPS) is 14.5. The van der Waals surface area contributed by atoms with Gasteiger partial charge in [-0.15, -0.1) is 0 Å². The Morgan fingerprint density at radius 1 is 1.04 bits per heavy atom. The number of para-hydroxylation sites is 1. The van der Waals surface area contributed by atoms with Crippen LogP contribution in [0.2, 0.25) is 0 Å². The fourth-order valence-corrected chi connectivity index (χ4v) is 3.52. The standard InChI is InChI=1S/C21H18N4O3/c26-21(24-15-7-8-18-19(10-15)28-13-27-18)16-11-23-20(12-22-16)25-9-3-5-14-4-1-2-6-17(14)25/h1-2,4,6-8,10-12H,3,5,9,13H2,(H,24,26). The number of fused-ring (bicyclic) bond motifs is 2. The number of anilines is 3. The summed E-state index contributed by atoms with van der Waals surface area (Å²) in [5.74, 6) is 1.70. The second-order valence-corrected chi connectivity index (χ2v) is 6.67. The Hall–Kier alpha value is -3.61. The van der Waals surface area contributed by atoms with E-state index >= 15 is 0 Å². The van der Waals surface area contributed by atoms with Crippen molar-refractivity contribution in [3.05, 3.63) is 66.1 Å². The predicted molar refractivity (Wildman–Crippen MR) is 104 cm³/mol. The molecule has 28 heavy (non-hydrogen) atoms. The van der Waals surface area contributed by atoms with Gasteiger partial charge in [0.25, 0.3) is 5.91 Å². The zero-order valence-electron chi connectivity index (χ0n) is 15.1. The summed E-state index contributed by atoms with van der Waals surface area (Å²) in [6, 6.07) is 13.6. The number of carbonyl (C=O) groups excluding carboxylic acids is 1. The van der Waals surface area contributed by atoms with E-state index in [-0.39, 0.29) is 18.4 Å². The topological polar surface area (TPSA) is 76.6 Å². The van der Waals surface area contributed by atoms with E-state index in [2.05, 4.69) is 38.4 Å². The molecule has 7 heteroatoms. The molecule has 140 valence electrons. The predicted octanol–water partition coefficient (Wildman–Crippen LogP) is 3.54. The first-order valence-electron chi connectivity index (χ1n) is 9.16. The summed E-state index contributed by atoms with van der Waals surface area (Å²) in [5, 5.41) is 2.81. The van der Waals surface area contributed by atoms with Crippen LogP contribution in [-0.4, -0.2) is 29.2 Å². The molecule has 2 aliphatic heterocycles. The summed E-state index contributed by atoms with van der Waals surface area (Å²) in [7, 11) is 0. The highest BCUT2D eigenvalue weighted by Gasteiger charge is 2.20. The van der Waals surface area contributed by atoms with E-state index in [1.54, 1.807) is 24.4 Å². The number of benzene rings is 2. The highest BCUT2D eigenvalue weighted by atomic mass is 16.7. The fraction of sp³-hybridized carbons (Fsp3) is 0.190. The molecule has 0 radical (unpaired) electrons. The van der Waals surface area contributed by atoms with Crippen molar-refractivity contribution in [1.82, 2.24) is 9.97 Å². The van der Waals surface area contributed by atoms with Gasteiger partial charge in [-0.2, -0.15) is 0 Å². The first-order chi connectivity index (χ1) is 13.8. The molecule has 0 bridgehead atoms. The minimum absolute atomic E-state index is 0.194. The van der Waals surface area contributed by atoms with Crippen molar-refractivity contribution in [3.63, 3.8) is 0 Å². The summed E-state index contributed by atoms with van der Waals surface area (Å²) in [6.07, 6.45) is 5.28. The molecule has 0 aliphatic carbocycles. The molecule has 2 aliphatic rings. The van der Waals surface area contributed by atoms with Gasteiger partial charge in [-0.3, -0.25) is 4.79 Å². The lowest BCUT2D eigenvalue weighted by Crippen LogP contribution is -2.25. The van der Waals surface area contributed by atoms with Crippen molar-refractivity contribution >= 4 is 23.1 Å². The Kier molecular flexibility index (Phi) is 4.05. The molecule has 7 nitrogen and oxygen atoms in total. The molecule has 3 heterocycles. The largest absolute Gasteiger partial charge is 0.454 e. The second kappa shape index (κ2) is 6.84. The molecule has 2 aromatic carbocycles. The molecule has 1 amide bonds. The second-order valence-electron chi connectivity index (χ2n) is 6.67. The van der Waals surface area contributed by atoms with Gasteiger partial charge in [0.15, 0.2) is 17.3 Å². The maximum atomic E-state index is 12.5. The van der Waals surface area contributed by atoms with Crippen LogP contribution in [0.15, 0.2) is 54.9 Å². The summed E-state index contributed by atoms with van der Waals surface area (Å²) in [4.78, 5) is 23.4. The number of carbonyl (C=O) groups is 1. The van der Waals surface area contributed by atoms with Crippen LogP contribution in [0.25, 0.3) is 0 Å². The molecular formula is C21H18N4O3. The third kappa shape index (κ3) is 3.00. The van der Waals surface area contributed by atoms with Crippen LogP contribution < -0.4 is 19.7 Å². The van der Waals surface area contributed by atoms with Gasteiger partial charge in [0.1, 0.15) is 5.69 Å². The Morgan fingerprint density at radius 2 is 1.93 bits per heavy atom. The fourth-order valence-electron chi connectivity index (χ4n) is 3.52. The number of nitrogens with one attached hydrogen (secondary N) is 1. The number of amides is 1. The minimum Gasteiger partial charge on any atom is -0.454 e. The molecule has 1 N–H and O–H groups in total. The average molecular weight is 374 g/mol. The maximum absolute atomic E-state index is 12.5. The lowest BCUT2D eigenvalue weighted by molar-refractivity contribution is 0.102. The number of hydrogen-bond acceptors (Lipinski definition) is 6. The van der Waals surface area contributed by atoms with Crippen molar-refractivity contribution < 1.29 is 14.3 Å². The van der Waals surface area contributed by atoms with Crippen molar-refractivity contribution in [2.45, 2.75) is 12.8 Å². The van der Waals surface area contributed by atoms with Crippen molar-refractivity contribution in [1.29, 1.82) is 0 Å². The summed E-state index contributed by atoms with van der Waals surface area (Å²) < 4.78 is 10.6. The van der Waals surface area contributed by atoms with Crippen LogP contribution in [0, 0.1) is 0 Å². The van der Waals surface area contributed by atoms with E-state index in [1.807, 2.05) is 6.07 Å². The van der Waals surface area contributed by atoms with Gasteiger partial charge in [-0.1, -0.05) is 18.2 Å². The zero-order chi connectivity index (χ0) is 18.9. The third-order valence-electron chi connectivity index (χ3n) is 4.89. The van der Waals surface area contributed by atoms with Crippen molar-refractivity contribution in [2.24, 2.45) is 0 Å². The summed E-state index contributed by atoms with van der Waals surface area (Å²) in [6.45, 7) is 1.08. The zero-order valence-corrected chi connectivity index (χ0v) is 15.1. The molecule has 0 saturated heterocycles. The Balaban J connectivity index is 1.33. The van der Waals surface area contributed by atoms with Crippen LogP contribution >= 0.6 is 0 Å². The van der Waals surface area contributed by atoms with Gasteiger partial charge in [-0.25, -0.2) is 9.97 Å². The van der Waals surface area contributed by atoms with Crippen molar-refractivity contribution in [3.8, 4) is 11.5 Å². The number of aromatic nitrogens is 2. The third-order valence-corrected chi connectivity index (χ3v) is 4.89. The van der Waals surface area contributed by atoms with E-state index in [9.17, 15) is 4.79 Å². The summed E-state index contributed by atoms with van der Waals surface area (Å²) >= 11 is 0. The quantitative estimate of drug-likeness (QED) is 0.756. The van der Waals surface area contributed by atoms with Gasteiger partial charge >= 0.3 is 0 Å². The molecule has 0 unspecified atom stereocenters. The van der Waals surface area contributed by atoms with E-state index < -0.39 is 0 Å². The lowest BCUT2D eigenvalue weighted by atomic mass is 10.0. The number of nitrogens with zero attached hydrogens (tertiary/aromatic N) is 3. The number of hydrogen-bond donors (Lipinski definition) is 1. The number of ether oxygens (including phenoxy) is 2. The molecular weight excluding hydrogens is 356 g/mol. The SMILES string of the molecule is O=C(Nc1ccc2c(c1)OCO2)c1cnc(N2CCCc3ccccc32)cn1. The molecule has 0 saturated carbocycles. The van der Waals surface area contributed by atoms with Gasteiger partial charge in [-0.05, 0) is 36.6 Å². The Morgan fingerprint density at radius 3 is 2.82 bits per heavy atom. The van der Waals surface area contributed by atoms with E-state index in [4.69, 9.17) is 9.47 Å². The molecule has 0 spiro atoms. The number of aryl methyl sites for hydroxylation is 1. The van der Waals surface area contributed by atoms with E-state index in [0.717, 1.165) is 30.9 Å². The van der Waals surface area contributed by atoms with Crippen LogP contribution in [0.3, 0.4) is 0 Å². The van der Waals surface area contributed by atoms with Gasteiger partial charge in [0.05, 0.1) is 12.4 Å². The van der Waals surface area contributed by atoms with Crippen LogP contribution in [0.1, 0.15) is 22.5 Å². The summed E-state index contributed by atoms with van der Waals surface area (Å²) in [5.41, 5.74) is 3.33. The molecule has 0 atom stereocenters. The minimum atomic E-state index is -0.322. The van der Waals surface area contributed by atoms with Gasteiger partial charge < -0.3 is 19.7 Å². The monoisotopic (exact) mass is 374 g/mol. The van der Waals surface area contributed by atoms with E-state index in [1.165, 1.54) is 11.8 Å². The molecule has 1 aromatic heterocycles. The smallest absolute Gasteiger partial charge is 0.275 e. The lowest BCUT2D eigenvalue weighted by Gasteiger charge is -2.30. The number of rotatable bonds is 3. The van der Waals surface area contributed by atoms with Crippen LogP contribution in [0.5, 0.6) is 11.5 Å². The molecule has 3 aromatic rings. The Bertz CT molecular complexity index is 1040. The Labute approximate surface area is 161 Å². The highest BCUT2D eigenvalue weighted by molar-refractivity contribution is 6.02. The van der Waals surface area contributed by atoms with Crippen LogP contribution in [0.4, 0.5) is 17.2 Å². The molecule has 0 fully saturated rings. The van der Waals surface area contributed by atoms with Crippen molar-refractivity contribution in [2.75, 3.05) is 23.6 Å². The maximum Gasteiger partial charge on any atom is 0.275 e. The first kappa shape index (κ1) is 16.6.